The van der Waals surface area contributed by atoms with Crippen LogP contribution in [0.5, 0.6) is 0 Å². The van der Waals surface area contributed by atoms with Crippen molar-refractivity contribution in [3.63, 3.8) is 0 Å². The molecule has 0 bridgehead atoms. The highest BCUT2D eigenvalue weighted by atomic mass is 16.5. The van der Waals surface area contributed by atoms with Crippen LogP contribution in [0.25, 0.3) is 0 Å². The van der Waals surface area contributed by atoms with E-state index < -0.39 is 0 Å². The quantitative estimate of drug-likeness (QED) is 0.457. The second-order valence-electron chi connectivity index (χ2n) is 5.61. The Morgan fingerprint density at radius 2 is 2.05 bits per heavy atom. The second-order valence-corrected chi connectivity index (χ2v) is 5.61. The molecule has 3 N–H and O–H groups in total. The van der Waals surface area contributed by atoms with Gasteiger partial charge in [-0.15, -0.1) is 0 Å². The lowest BCUT2D eigenvalue weighted by molar-refractivity contribution is -0.0801. The molecule has 2 rings (SSSR count). The van der Waals surface area contributed by atoms with Crippen LogP contribution in [0.2, 0.25) is 0 Å². The summed E-state index contributed by atoms with van der Waals surface area (Å²) in [6.07, 6.45) is 11.5. The first-order chi connectivity index (χ1) is 9.32. The zero-order chi connectivity index (χ0) is 13.6. The first kappa shape index (κ1) is 14.8. The zero-order valence-electron chi connectivity index (χ0n) is 12.1. The largest absolute Gasteiger partial charge is 0.496 e. The van der Waals surface area contributed by atoms with E-state index in [2.05, 4.69) is 18.4 Å². The van der Waals surface area contributed by atoms with Gasteiger partial charge in [0.2, 0.25) is 0 Å². The summed E-state index contributed by atoms with van der Waals surface area (Å²) in [5.41, 5.74) is 2.79. The molecule has 1 atom stereocenters. The van der Waals surface area contributed by atoms with Gasteiger partial charge < -0.3 is 9.47 Å². The van der Waals surface area contributed by atoms with Crippen LogP contribution in [-0.4, -0.2) is 24.9 Å². The van der Waals surface area contributed by atoms with Gasteiger partial charge in [-0.1, -0.05) is 25.7 Å². The number of allylic oxidation sites excluding steroid dienone is 1. The molecule has 19 heavy (non-hydrogen) atoms. The number of nitrogens with one attached hydrogen (secondary N) is 1. The van der Waals surface area contributed by atoms with Gasteiger partial charge in [0.05, 0.1) is 12.2 Å². The van der Waals surface area contributed by atoms with Gasteiger partial charge in [-0.2, -0.15) is 0 Å². The van der Waals surface area contributed by atoms with Crippen molar-refractivity contribution in [3.05, 3.63) is 11.8 Å². The van der Waals surface area contributed by atoms with Gasteiger partial charge in [-0.3, -0.25) is 5.84 Å². The van der Waals surface area contributed by atoms with Crippen molar-refractivity contribution in [1.29, 1.82) is 0 Å². The molecule has 0 aromatic heterocycles. The normalized spacial score (nSPS) is 25.1. The SMILES string of the molecule is CCOC1(C(NN)C2=CCCCO2)CCCCCC1. The van der Waals surface area contributed by atoms with E-state index in [0.29, 0.717) is 0 Å². The maximum atomic E-state index is 6.19. The third-order valence-corrected chi connectivity index (χ3v) is 4.32. The van der Waals surface area contributed by atoms with Gasteiger partial charge in [-0.25, -0.2) is 5.43 Å². The predicted octanol–water partition coefficient (Wildman–Crippen LogP) is 2.64. The van der Waals surface area contributed by atoms with Crippen molar-refractivity contribution in [2.45, 2.75) is 69.9 Å². The first-order valence-corrected chi connectivity index (χ1v) is 7.75. The predicted molar refractivity (Wildman–Crippen MR) is 76.4 cm³/mol. The number of ether oxygens (including phenoxy) is 2. The lowest BCUT2D eigenvalue weighted by atomic mass is 9.84. The Hall–Kier alpha value is -0.580. The Labute approximate surface area is 116 Å². The summed E-state index contributed by atoms with van der Waals surface area (Å²) in [6, 6.07) is -0.00847. The molecule has 1 aliphatic carbocycles. The third kappa shape index (κ3) is 3.50. The Bertz CT molecular complexity index is 297. The van der Waals surface area contributed by atoms with Gasteiger partial charge in [0, 0.05) is 6.61 Å². The first-order valence-electron chi connectivity index (χ1n) is 7.75. The lowest BCUT2D eigenvalue weighted by Crippen LogP contribution is -2.56. The van der Waals surface area contributed by atoms with Crippen molar-refractivity contribution in [1.82, 2.24) is 5.43 Å². The highest BCUT2D eigenvalue weighted by Crippen LogP contribution is 2.36. The Kier molecular flexibility index (Phi) is 5.67. The Balaban J connectivity index is 2.20. The lowest BCUT2D eigenvalue weighted by Gasteiger charge is -2.41. The standard InChI is InChI=1S/C15H28N2O2/c1-2-19-15(10-6-3-4-7-11-15)14(17-16)13-9-5-8-12-18-13/h9,14,17H,2-8,10-12,16H2,1H3. The van der Waals surface area contributed by atoms with E-state index in [9.17, 15) is 0 Å². The molecule has 0 aromatic carbocycles. The molecule has 0 saturated heterocycles. The zero-order valence-corrected chi connectivity index (χ0v) is 12.1. The topological polar surface area (TPSA) is 56.5 Å². The molecule has 0 radical (unpaired) electrons. The third-order valence-electron chi connectivity index (χ3n) is 4.32. The van der Waals surface area contributed by atoms with E-state index in [0.717, 1.165) is 44.7 Å². The van der Waals surface area contributed by atoms with Crippen LogP contribution in [0.4, 0.5) is 0 Å². The van der Waals surface area contributed by atoms with Gasteiger partial charge >= 0.3 is 0 Å². The molecular weight excluding hydrogens is 240 g/mol. The number of hydrazine groups is 1. The highest BCUT2D eigenvalue weighted by Gasteiger charge is 2.42. The van der Waals surface area contributed by atoms with Crippen LogP contribution >= 0.6 is 0 Å². The summed E-state index contributed by atoms with van der Waals surface area (Å²) in [7, 11) is 0. The molecule has 1 saturated carbocycles. The summed E-state index contributed by atoms with van der Waals surface area (Å²) in [5, 5.41) is 0. The molecule has 2 aliphatic rings. The molecule has 1 unspecified atom stereocenters. The minimum Gasteiger partial charge on any atom is -0.496 e. The van der Waals surface area contributed by atoms with E-state index in [-0.39, 0.29) is 11.6 Å². The smallest absolute Gasteiger partial charge is 0.113 e. The van der Waals surface area contributed by atoms with Crippen LogP contribution in [0.15, 0.2) is 11.8 Å². The average molecular weight is 268 g/mol. The van der Waals surface area contributed by atoms with Crippen LogP contribution in [0.3, 0.4) is 0 Å². The molecule has 4 nitrogen and oxygen atoms in total. The minimum absolute atomic E-state index is 0.00847. The van der Waals surface area contributed by atoms with Crippen LogP contribution < -0.4 is 11.3 Å². The molecule has 110 valence electrons. The fourth-order valence-corrected chi connectivity index (χ4v) is 3.40. The fourth-order valence-electron chi connectivity index (χ4n) is 3.40. The highest BCUT2D eigenvalue weighted by molar-refractivity contribution is 5.13. The van der Waals surface area contributed by atoms with E-state index in [1.165, 1.54) is 25.7 Å². The maximum absolute atomic E-state index is 6.19. The molecule has 1 heterocycles. The van der Waals surface area contributed by atoms with Crippen molar-refractivity contribution >= 4 is 0 Å². The molecule has 1 aliphatic heterocycles. The van der Waals surface area contributed by atoms with E-state index in [1.807, 2.05) is 0 Å². The van der Waals surface area contributed by atoms with Crippen molar-refractivity contribution < 1.29 is 9.47 Å². The number of nitrogens with two attached hydrogens (primary N) is 1. The second kappa shape index (κ2) is 7.27. The molecule has 0 spiro atoms. The summed E-state index contributed by atoms with van der Waals surface area (Å²) >= 11 is 0. The van der Waals surface area contributed by atoms with Gasteiger partial charge in [0.25, 0.3) is 0 Å². The molecule has 4 heteroatoms. The van der Waals surface area contributed by atoms with Crippen molar-refractivity contribution in [3.8, 4) is 0 Å². The monoisotopic (exact) mass is 268 g/mol. The van der Waals surface area contributed by atoms with Crippen LogP contribution in [0.1, 0.15) is 58.3 Å². The summed E-state index contributed by atoms with van der Waals surface area (Å²) in [5.74, 6) is 6.84. The van der Waals surface area contributed by atoms with E-state index in [4.69, 9.17) is 15.3 Å². The number of hydrogen-bond acceptors (Lipinski definition) is 4. The summed E-state index contributed by atoms with van der Waals surface area (Å²) < 4.78 is 12.0. The molecule has 0 amide bonds. The minimum atomic E-state index is -0.191. The number of hydrogen-bond donors (Lipinski definition) is 2. The molecule has 1 fully saturated rings. The van der Waals surface area contributed by atoms with Gasteiger partial charge in [0.1, 0.15) is 11.8 Å². The Morgan fingerprint density at radius 3 is 2.58 bits per heavy atom. The Morgan fingerprint density at radius 1 is 1.32 bits per heavy atom. The fraction of sp³-hybridized carbons (Fsp3) is 0.867. The van der Waals surface area contributed by atoms with Gasteiger partial charge in [0.15, 0.2) is 0 Å². The van der Waals surface area contributed by atoms with Crippen LogP contribution in [0, 0.1) is 0 Å². The molecular formula is C15H28N2O2. The average Bonchev–Trinajstić information content (AvgIpc) is 2.68. The van der Waals surface area contributed by atoms with Gasteiger partial charge in [-0.05, 0) is 38.7 Å². The summed E-state index contributed by atoms with van der Waals surface area (Å²) in [4.78, 5) is 0. The maximum Gasteiger partial charge on any atom is 0.113 e. The van der Waals surface area contributed by atoms with E-state index >= 15 is 0 Å². The van der Waals surface area contributed by atoms with E-state index in [1.54, 1.807) is 0 Å². The number of rotatable bonds is 5. The van der Waals surface area contributed by atoms with Crippen LogP contribution in [-0.2, 0) is 9.47 Å². The van der Waals surface area contributed by atoms with Crippen molar-refractivity contribution in [2.75, 3.05) is 13.2 Å². The van der Waals surface area contributed by atoms with Crippen molar-refractivity contribution in [2.24, 2.45) is 5.84 Å². The molecule has 0 aromatic rings. The summed E-state index contributed by atoms with van der Waals surface area (Å²) in [6.45, 7) is 3.59.